The highest BCUT2D eigenvalue weighted by molar-refractivity contribution is 7.88. The van der Waals surface area contributed by atoms with Crippen molar-refractivity contribution in [2.24, 2.45) is 5.92 Å². The van der Waals surface area contributed by atoms with Gasteiger partial charge in [0.25, 0.3) is 15.2 Å². The van der Waals surface area contributed by atoms with Crippen molar-refractivity contribution in [2.45, 2.75) is 63.8 Å². The molecule has 1 aromatic rings. The number of aromatic amines is 1. The van der Waals surface area contributed by atoms with Crippen LogP contribution < -0.4 is 5.32 Å². The van der Waals surface area contributed by atoms with Gasteiger partial charge in [0.2, 0.25) is 5.91 Å². The molecule has 9 nitrogen and oxygen atoms in total. The summed E-state index contributed by atoms with van der Waals surface area (Å²) in [6, 6.07) is -0.450. The number of sulfonamides is 1. The molecular formula is C15H27N5O4S. The van der Waals surface area contributed by atoms with Crippen LogP contribution in [0.25, 0.3) is 0 Å². The van der Waals surface area contributed by atoms with Gasteiger partial charge in [-0.3, -0.25) is 9.89 Å². The Morgan fingerprint density at radius 2 is 2.20 bits per heavy atom. The number of amides is 1. The third-order valence-corrected chi connectivity index (χ3v) is 5.88. The summed E-state index contributed by atoms with van der Waals surface area (Å²) < 4.78 is 26.4. The van der Waals surface area contributed by atoms with Crippen molar-refractivity contribution in [2.75, 3.05) is 13.1 Å². The van der Waals surface area contributed by atoms with E-state index in [1.807, 2.05) is 13.8 Å². The van der Waals surface area contributed by atoms with Gasteiger partial charge < -0.3 is 10.4 Å². The van der Waals surface area contributed by atoms with E-state index in [2.05, 4.69) is 20.5 Å². The molecule has 10 heteroatoms. The molecule has 1 aromatic heterocycles. The molecule has 2 rings (SSSR count). The topological polar surface area (TPSA) is 128 Å². The average Bonchev–Trinajstić information content (AvgIpc) is 2.89. The highest BCUT2D eigenvalue weighted by Gasteiger charge is 2.35. The Hall–Kier alpha value is -1.52. The molecule has 0 bridgehead atoms. The highest BCUT2D eigenvalue weighted by atomic mass is 32.2. The molecule has 0 spiro atoms. The summed E-state index contributed by atoms with van der Waals surface area (Å²) in [5.74, 6) is 0.720. The van der Waals surface area contributed by atoms with Gasteiger partial charge in [-0.15, -0.1) is 5.10 Å². The van der Waals surface area contributed by atoms with E-state index in [0.29, 0.717) is 31.0 Å². The Balaban J connectivity index is 2.00. The van der Waals surface area contributed by atoms with E-state index < -0.39 is 22.2 Å². The molecular weight excluding hydrogens is 346 g/mol. The molecule has 2 unspecified atom stereocenters. The van der Waals surface area contributed by atoms with E-state index in [-0.39, 0.29) is 24.2 Å². The van der Waals surface area contributed by atoms with Crippen LogP contribution in [-0.4, -0.2) is 64.2 Å². The predicted octanol–water partition coefficient (Wildman–Crippen LogP) is 0.180. The fourth-order valence-corrected chi connectivity index (χ4v) is 4.11. The van der Waals surface area contributed by atoms with Crippen molar-refractivity contribution >= 4 is 15.9 Å². The predicted molar refractivity (Wildman–Crippen MR) is 91.1 cm³/mol. The summed E-state index contributed by atoms with van der Waals surface area (Å²) in [6.07, 6.45) is 1.27. The zero-order valence-corrected chi connectivity index (χ0v) is 15.7. The lowest BCUT2D eigenvalue weighted by atomic mass is 10.0. The van der Waals surface area contributed by atoms with Crippen LogP contribution in [0, 0.1) is 12.8 Å². The summed E-state index contributed by atoms with van der Waals surface area (Å²) in [5.41, 5.74) is 0. The molecule has 0 saturated carbocycles. The van der Waals surface area contributed by atoms with Crippen LogP contribution in [0.15, 0.2) is 5.16 Å². The van der Waals surface area contributed by atoms with Crippen molar-refractivity contribution in [1.82, 2.24) is 24.8 Å². The Morgan fingerprint density at radius 3 is 2.80 bits per heavy atom. The average molecular weight is 373 g/mol. The number of aryl methyl sites for hydroxylation is 1. The number of carbonyl (C=O) groups excluding carboxylic acids is 1. The first-order chi connectivity index (χ1) is 11.7. The second kappa shape index (κ2) is 8.24. The van der Waals surface area contributed by atoms with Crippen LogP contribution in [0.2, 0.25) is 0 Å². The van der Waals surface area contributed by atoms with Gasteiger partial charge in [0, 0.05) is 19.5 Å². The van der Waals surface area contributed by atoms with Crippen molar-refractivity contribution < 1.29 is 18.3 Å². The largest absolute Gasteiger partial charge is 0.390 e. The first kappa shape index (κ1) is 19.8. The van der Waals surface area contributed by atoms with Crippen LogP contribution in [0.1, 0.15) is 45.4 Å². The molecule has 1 aliphatic rings. The molecule has 142 valence electrons. The van der Waals surface area contributed by atoms with E-state index in [9.17, 15) is 18.3 Å². The molecule has 0 aromatic carbocycles. The van der Waals surface area contributed by atoms with Crippen LogP contribution in [0.4, 0.5) is 0 Å². The maximum absolute atomic E-state index is 12.6. The molecule has 1 aliphatic heterocycles. The van der Waals surface area contributed by atoms with Crippen LogP contribution in [0.3, 0.4) is 0 Å². The van der Waals surface area contributed by atoms with E-state index in [0.717, 1.165) is 6.42 Å². The van der Waals surface area contributed by atoms with Gasteiger partial charge in [-0.05, 0) is 32.1 Å². The number of nitrogens with one attached hydrogen (secondary N) is 2. The lowest BCUT2D eigenvalue weighted by Crippen LogP contribution is -2.47. The number of aliphatic hydroxyl groups is 1. The third kappa shape index (κ3) is 5.23. The quantitative estimate of drug-likeness (QED) is 0.652. The summed E-state index contributed by atoms with van der Waals surface area (Å²) in [7, 11) is -3.86. The molecule has 3 N–H and O–H groups in total. The van der Waals surface area contributed by atoms with Crippen molar-refractivity contribution in [3.63, 3.8) is 0 Å². The molecule has 2 atom stereocenters. The maximum Gasteiger partial charge on any atom is 0.282 e. The van der Waals surface area contributed by atoms with E-state index >= 15 is 0 Å². The Labute approximate surface area is 148 Å². The fourth-order valence-electron chi connectivity index (χ4n) is 2.75. The van der Waals surface area contributed by atoms with Crippen molar-refractivity contribution in [3.8, 4) is 0 Å². The Morgan fingerprint density at radius 1 is 1.48 bits per heavy atom. The van der Waals surface area contributed by atoms with E-state index in [1.165, 1.54) is 4.31 Å². The Bertz CT molecular complexity index is 688. The maximum atomic E-state index is 12.6. The molecule has 1 saturated heterocycles. The van der Waals surface area contributed by atoms with Gasteiger partial charge in [0.15, 0.2) is 0 Å². The van der Waals surface area contributed by atoms with Crippen molar-refractivity contribution in [3.05, 3.63) is 5.82 Å². The number of β-amino-alcohol motifs (C(OH)–C–C–N with tert-alkyl or cyclic N) is 1. The van der Waals surface area contributed by atoms with Gasteiger partial charge in [-0.1, -0.05) is 13.8 Å². The minimum absolute atomic E-state index is 0.0922. The molecule has 25 heavy (non-hydrogen) atoms. The minimum Gasteiger partial charge on any atom is -0.390 e. The summed E-state index contributed by atoms with van der Waals surface area (Å²) in [6.45, 7) is 5.87. The second-order valence-corrected chi connectivity index (χ2v) is 8.71. The number of aliphatic hydroxyl groups excluding tert-OH is 1. The van der Waals surface area contributed by atoms with Gasteiger partial charge >= 0.3 is 0 Å². The van der Waals surface area contributed by atoms with Gasteiger partial charge in [0.05, 0.1) is 12.1 Å². The van der Waals surface area contributed by atoms with Gasteiger partial charge in [-0.25, -0.2) is 13.4 Å². The van der Waals surface area contributed by atoms with Gasteiger partial charge in [0.1, 0.15) is 5.82 Å². The number of carbonyl (C=O) groups is 1. The summed E-state index contributed by atoms with van der Waals surface area (Å²) >= 11 is 0. The SMILES string of the molecule is Cc1nc(S(=O)(=O)N2CCCC(NC(=O)CCC(C)C)C(O)C2)n[nH]1. The molecule has 0 aliphatic carbocycles. The molecule has 1 fully saturated rings. The smallest absolute Gasteiger partial charge is 0.282 e. The van der Waals surface area contributed by atoms with Crippen LogP contribution in [-0.2, 0) is 14.8 Å². The van der Waals surface area contributed by atoms with Crippen LogP contribution in [0.5, 0.6) is 0 Å². The standard InChI is InChI=1S/C15H27N5O4S/c1-10(2)6-7-14(22)17-12-5-4-8-20(9-13(12)21)25(23,24)15-16-11(3)18-19-15/h10,12-13,21H,4-9H2,1-3H3,(H,17,22)(H,16,18,19). The normalized spacial score (nSPS) is 22.8. The number of nitrogens with zero attached hydrogens (tertiary/aromatic N) is 3. The summed E-state index contributed by atoms with van der Waals surface area (Å²) in [4.78, 5) is 15.9. The molecule has 1 amide bonds. The van der Waals surface area contributed by atoms with E-state index in [1.54, 1.807) is 6.92 Å². The van der Waals surface area contributed by atoms with Gasteiger partial charge in [-0.2, -0.15) is 4.31 Å². The third-order valence-electron chi connectivity index (χ3n) is 4.22. The number of hydrogen-bond donors (Lipinski definition) is 3. The monoisotopic (exact) mass is 373 g/mol. The number of H-pyrrole nitrogens is 1. The summed E-state index contributed by atoms with van der Waals surface area (Å²) in [5, 5.41) is 19.2. The highest BCUT2D eigenvalue weighted by Crippen LogP contribution is 2.19. The zero-order chi connectivity index (χ0) is 18.6. The number of hydrogen-bond acceptors (Lipinski definition) is 6. The fraction of sp³-hybridized carbons (Fsp3) is 0.800. The first-order valence-electron chi connectivity index (χ1n) is 8.56. The minimum atomic E-state index is -3.86. The molecule has 2 heterocycles. The van der Waals surface area contributed by atoms with Crippen molar-refractivity contribution in [1.29, 1.82) is 0 Å². The lowest BCUT2D eigenvalue weighted by molar-refractivity contribution is -0.122. The number of rotatable bonds is 6. The van der Waals surface area contributed by atoms with Crippen LogP contribution >= 0.6 is 0 Å². The van der Waals surface area contributed by atoms with E-state index in [4.69, 9.17) is 0 Å². The molecule has 0 radical (unpaired) electrons. The lowest BCUT2D eigenvalue weighted by Gasteiger charge is -2.24. The number of aromatic nitrogens is 3. The Kier molecular flexibility index (Phi) is 6.53. The zero-order valence-electron chi connectivity index (χ0n) is 14.9. The first-order valence-corrected chi connectivity index (χ1v) is 10.0. The second-order valence-electron chi connectivity index (χ2n) is 6.88.